The van der Waals surface area contributed by atoms with Crippen LogP contribution in [0.4, 0.5) is 4.39 Å². The second-order valence-electron chi connectivity index (χ2n) is 10.3. The Labute approximate surface area is 237 Å². The molecule has 1 aliphatic carbocycles. The number of nitrogens with one attached hydrogen (secondary N) is 2. The van der Waals surface area contributed by atoms with E-state index in [2.05, 4.69) is 45.1 Å². The molecule has 2 aliphatic rings. The summed E-state index contributed by atoms with van der Waals surface area (Å²) in [6, 6.07) is 13.1. The van der Waals surface area contributed by atoms with E-state index in [-0.39, 0.29) is 24.2 Å². The van der Waals surface area contributed by atoms with Crippen molar-refractivity contribution in [2.45, 2.75) is 38.6 Å². The minimum Gasteiger partial charge on any atom is -0.490 e. The summed E-state index contributed by atoms with van der Waals surface area (Å²) in [6.45, 7) is 3.31. The summed E-state index contributed by atoms with van der Waals surface area (Å²) in [4.78, 5) is 12.1. The van der Waals surface area contributed by atoms with Gasteiger partial charge in [-0.05, 0) is 66.6 Å². The molecule has 0 bridgehead atoms. The van der Waals surface area contributed by atoms with Gasteiger partial charge in [-0.15, -0.1) is 21.5 Å². The van der Waals surface area contributed by atoms with Gasteiger partial charge in [0.15, 0.2) is 0 Å². The molecule has 9 heteroatoms. The van der Waals surface area contributed by atoms with Crippen molar-refractivity contribution in [2.75, 3.05) is 32.9 Å². The molecular weight excluding hydrogens is 527 g/mol. The van der Waals surface area contributed by atoms with E-state index in [9.17, 15) is 9.18 Å². The summed E-state index contributed by atoms with van der Waals surface area (Å²) >= 11 is 1.59. The van der Waals surface area contributed by atoms with Crippen LogP contribution in [0, 0.1) is 11.7 Å². The van der Waals surface area contributed by atoms with E-state index in [1.54, 1.807) is 17.4 Å². The number of hydrogen-bond donors (Lipinski definition) is 2. The summed E-state index contributed by atoms with van der Waals surface area (Å²) in [5, 5.41) is 18.7. The molecule has 2 N–H and O–H groups in total. The Kier molecular flexibility index (Phi) is 8.32. The largest absolute Gasteiger partial charge is 0.490 e. The number of ether oxygens (including phenoxy) is 2. The number of benzene rings is 2. The number of aromatic nitrogens is 2. The maximum absolute atomic E-state index is 14.2. The average Bonchev–Trinajstić information content (AvgIpc) is 3.69. The first-order chi connectivity index (χ1) is 19.7. The number of amides is 1. The Morgan fingerprint density at radius 3 is 2.80 bits per heavy atom. The number of thiophene rings is 1. The zero-order valence-electron chi connectivity index (χ0n) is 22.4. The normalized spacial score (nSPS) is 15.3. The Bertz CT molecular complexity index is 1500. The van der Waals surface area contributed by atoms with Crippen LogP contribution in [-0.4, -0.2) is 49.0 Å². The van der Waals surface area contributed by atoms with Crippen LogP contribution in [0.15, 0.2) is 47.8 Å². The van der Waals surface area contributed by atoms with Crippen molar-refractivity contribution in [1.82, 2.24) is 20.8 Å². The molecule has 6 rings (SSSR count). The number of rotatable bonds is 10. The first-order valence-corrected chi connectivity index (χ1v) is 14.9. The molecule has 1 fully saturated rings. The third-order valence-electron chi connectivity index (χ3n) is 7.71. The van der Waals surface area contributed by atoms with Crippen LogP contribution in [0.25, 0.3) is 32.6 Å². The van der Waals surface area contributed by atoms with Crippen LogP contribution in [0.1, 0.15) is 36.8 Å². The van der Waals surface area contributed by atoms with Gasteiger partial charge in [0, 0.05) is 41.6 Å². The van der Waals surface area contributed by atoms with E-state index < -0.39 is 0 Å². The van der Waals surface area contributed by atoms with E-state index in [4.69, 9.17) is 9.47 Å². The standard InChI is InChI=1S/C31H33FN4O3S/c32-24-7-8-25(27(18-24)39-15-14-38-13-12-34-31(37)20-3-1-2-4-20)29-30-26(10-16-40-30)28(35-36-29)22-5-6-23-19-33-11-9-21(23)17-22/h5-8,10,16-18,20,33H,1-4,9,11-15,19H2,(H,34,37). The SMILES string of the molecule is O=C(NCCOCCOc1cc(F)ccc1-c1nnc(-c2ccc3c(c2)CCNC3)c2ccsc12)C1CCCC1. The van der Waals surface area contributed by atoms with Crippen molar-refractivity contribution >= 4 is 27.3 Å². The molecule has 2 aromatic carbocycles. The molecule has 0 saturated heterocycles. The van der Waals surface area contributed by atoms with E-state index in [1.165, 1.54) is 23.3 Å². The minimum absolute atomic E-state index is 0.123. The van der Waals surface area contributed by atoms with Crippen LogP contribution in [0.2, 0.25) is 0 Å². The van der Waals surface area contributed by atoms with Crippen molar-refractivity contribution in [3.8, 4) is 28.3 Å². The van der Waals surface area contributed by atoms with Gasteiger partial charge in [-0.3, -0.25) is 4.79 Å². The molecule has 1 saturated carbocycles. The number of carbonyl (C=O) groups excluding carboxylic acids is 1. The summed E-state index contributed by atoms with van der Waals surface area (Å²) in [7, 11) is 0. The van der Waals surface area contributed by atoms with E-state index in [0.717, 1.165) is 66.5 Å². The molecule has 1 aliphatic heterocycles. The van der Waals surface area contributed by atoms with Crippen molar-refractivity contribution in [3.63, 3.8) is 0 Å². The summed E-state index contributed by atoms with van der Waals surface area (Å²) in [5.41, 5.74) is 5.93. The highest BCUT2D eigenvalue weighted by molar-refractivity contribution is 7.17. The van der Waals surface area contributed by atoms with Gasteiger partial charge < -0.3 is 20.1 Å². The van der Waals surface area contributed by atoms with Crippen LogP contribution >= 0.6 is 11.3 Å². The van der Waals surface area contributed by atoms with Gasteiger partial charge in [0.05, 0.1) is 17.9 Å². The third kappa shape index (κ3) is 5.87. The highest BCUT2D eigenvalue weighted by atomic mass is 32.1. The maximum atomic E-state index is 14.2. The monoisotopic (exact) mass is 560 g/mol. The Hall–Kier alpha value is -3.40. The number of nitrogens with zero attached hydrogens (tertiary/aromatic N) is 2. The van der Waals surface area contributed by atoms with Crippen LogP contribution in [-0.2, 0) is 22.5 Å². The van der Waals surface area contributed by atoms with E-state index >= 15 is 0 Å². The third-order valence-corrected chi connectivity index (χ3v) is 8.63. The fourth-order valence-electron chi connectivity index (χ4n) is 5.59. The quantitative estimate of drug-likeness (QED) is 0.249. The lowest BCUT2D eigenvalue weighted by Gasteiger charge is -2.18. The van der Waals surface area contributed by atoms with Gasteiger partial charge in [-0.25, -0.2) is 4.39 Å². The number of carbonyl (C=O) groups is 1. The lowest BCUT2D eigenvalue weighted by Crippen LogP contribution is -2.32. The van der Waals surface area contributed by atoms with Gasteiger partial charge in [-0.1, -0.05) is 25.0 Å². The van der Waals surface area contributed by atoms with Crippen molar-refractivity contribution in [3.05, 3.63) is 64.8 Å². The zero-order valence-corrected chi connectivity index (χ0v) is 23.2. The Morgan fingerprint density at radius 2 is 1.90 bits per heavy atom. The predicted molar refractivity (Wildman–Crippen MR) is 155 cm³/mol. The highest BCUT2D eigenvalue weighted by Crippen LogP contribution is 2.39. The van der Waals surface area contributed by atoms with Crippen molar-refractivity contribution < 1.29 is 18.7 Å². The maximum Gasteiger partial charge on any atom is 0.223 e. The molecule has 2 aromatic heterocycles. The Morgan fingerprint density at radius 1 is 1.02 bits per heavy atom. The predicted octanol–water partition coefficient (Wildman–Crippen LogP) is 5.51. The van der Waals surface area contributed by atoms with Crippen LogP contribution < -0.4 is 15.4 Å². The average molecular weight is 561 g/mol. The molecule has 0 spiro atoms. The van der Waals surface area contributed by atoms with Gasteiger partial charge in [0.2, 0.25) is 5.91 Å². The molecule has 40 heavy (non-hydrogen) atoms. The second kappa shape index (κ2) is 12.4. The lowest BCUT2D eigenvalue weighted by atomic mass is 9.96. The van der Waals surface area contributed by atoms with Gasteiger partial charge in [-0.2, -0.15) is 0 Å². The summed E-state index contributed by atoms with van der Waals surface area (Å²) in [5.74, 6) is 0.288. The number of hydrogen-bond acceptors (Lipinski definition) is 7. The first kappa shape index (κ1) is 26.8. The van der Waals surface area contributed by atoms with Gasteiger partial charge in [0.1, 0.15) is 29.6 Å². The molecule has 0 radical (unpaired) electrons. The molecule has 1 amide bonds. The van der Waals surface area contributed by atoms with Crippen molar-refractivity contribution in [2.24, 2.45) is 5.92 Å². The number of fused-ring (bicyclic) bond motifs is 2. The first-order valence-electron chi connectivity index (χ1n) is 14.0. The smallest absolute Gasteiger partial charge is 0.223 e. The molecule has 3 heterocycles. The second-order valence-corrected chi connectivity index (χ2v) is 11.3. The fourth-order valence-corrected chi connectivity index (χ4v) is 6.49. The molecule has 4 aromatic rings. The summed E-state index contributed by atoms with van der Waals surface area (Å²) in [6.07, 6.45) is 5.22. The summed E-state index contributed by atoms with van der Waals surface area (Å²) < 4.78 is 26.8. The topological polar surface area (TPSA) is 85.4 Å². The lowest BCUT2D eigenvalue weighted by molar-refractivity contribution is -0.125. The zero-order chi connectivity index (χ0) is 27.3. The van der Waals surface area contributed by atoms with Crippen LogP contribution in [0.5, 0.6) is 5.75 Å². The minimum atomic E-state index is -0.384. The van der Waals surface area contributed by atoms with Crippen LogP contribution in [0.3, 0.4) is 0 Å². The van der Waals surface area contributed by atoms with Gasteiger partial charge in [0.25, 0.3) is 0 Å². The molecule has 0 unspecified atom stereocenters. The Balaban J connectivity index is 1.13. The van der Waals surface area contributed by atoms with Gasteiger partial charge >= 0.3 is 0 Å². The highest BCUT2D eigenvalue weighted by Gasteiger charge is 2.22. The molecule has 0 atom stereocenters. The fraction of sp³-hybridized carbons (Fsp3) is 0.387. The van der Waals surface area contributed by atoms with Crippen molar-refractivity contribution in [1.29, 1.82) is 0 Å². The van der Waals surface area contributed by atoms with E-state index in [1.807, 2.05) is 5.38 Å². The molecule has 208 valence electrons. The molecular formula is C31H33FN4O3S. The van der Waals surface area contributed by atoms with E-state index in [0.29, 0.717) is 36.8 Å². The molecule has 7 nitrogen and oxygen atoms in total. The number of halogens is 1.